The lowest BCUT2D eigenvalue weighted by Gasteiger charge is -2.16. The van der Waals surface area contributed by atoms with Crippen LogP contribution in [0.2, 0.25) is 0 Å². The van der Waals surface area contributed by atoms with Crippen LogP contribution in [0.1, 0.15) is 18.5 Å². The van der Waals surface area contributed by atoms with Crippen molar-refractivity contribution in [2.75, 3.05) is 5.32 Å². The van der Waals surface area contributed by atoms with Crippen LogP contribution in [-0.4, -0.2) is 24.9 Å². The molecule has 3 aromatic rings. The third-order valence-electron chi connectivity index (χ3n) is 3.19. The first-order valence-corrected chi connectivity index (χ1v) is 6.59. The van der Waals surface area contributed by atoms with Gasteiger partial charge in [0.15, 0.2) is 5.82 Å². The normalized spacial score (nSPS) is 12.0. The van der Waals surface area contributed by atoms with Crippen molar-refractivity contribution in [1.82, 2.24) is 19.7 Å². The van der Waals surface area contributed by atoms with Crippen LogP contribution in [0.3, 0.4) is 0 Å². The zero-order valence-electron chi connectivity index (χ0n) is 11.5. The van der Waals surface area contributed by atoms with E-state index in [0.29, 0.717) is 5.82 Å². The minimum absolute atomic E-state index is 0.0229. The fraction of sp³-hybridized carbons (Fsp3) is 0.133. The molecule has 0 bridgehead atoms. The average Bonchev–Trinajstić information content (AvgIpc) is 3.02. The van der Waals surface area contributed by atoms with E-state index in [1.54, 1.807) is 29.3 Å². The number of para-hydroxylation sites is 1. The van der Waals surface area contributed by atoms with Gasteiger partial charge in [0.1, 0.15) is 18.4 Å². The molecule has 106 valence electrons. The summed E-state index contributed by atoms with van der Waals surface area (Å²) < 4.78 is 1.59. The Hall–Kier alpha value is -2.89. The number of hydrogen-bond acceptors (Lipinski definition) is 5. The van der Waals surface area contributed by atoms with Crippen LogP contribution in [-0.2, 0) is 0 Å². The summed E-state index contributed by atoms with van der Waals surface area (Å²) in [5.74, 6) is 0.984. The van der Waals surface area contributed by atoms with Crippen molar-refractivity contribution in [1.29, 1.82) is 0 Å². The fourth-order valence-electron chi connectivity index (χ4n) is 2.11. The molecule has 0 spiro atoms. The van der Waals surface area contributed by atoms with Gasteiger partial charge in [-0.05, 0) is 25.1 Å². The van der Waals surface area contributed by atoms with Gasteiger partial charge in [-0.2, -0.15) is 5.10 Å². The highest BCUT2D eigenvalue weighted by molar-refractivity contribution is 5.47. The maximum absolute atomic E-state index is 9.85. The largest absolute Gasteiger partial charge is 0.508 e. The average molecular weight is 281 g/mol. The van der Waals surface area contributed by atoms with Gasteiger partial charge in [-0.3, -0.25) is 0 Å². The van der Waals surface area contributed by atoms with E-state index in [1.807, 2.05) is 31.2 Å². The van der Waals surface area contributed by atoms with E-state index in [-0.39, 0.29) is 11.8 Å². The van der Waals surface area contributed by atoms with Gasteiger partial charge >= 0.3 is 0 Å². The number of rotatable bonds is 4. The summed E-state index contributed by atoms with van der Waals surface area (Å²) >= 11 is 0. The number of pyridine rings is 1. The minimum atomic E-state index is -0.0229. The second kappa shape index (κ2) is 5.62. The molecule has 2 aromatic heterocycles. The molecule has 6 nitrogen and oxygen atoms in total. The van der Waals surface area contributed by atoms with Crippen molar-refractivity contribution >= 4 is 5.69 Å². The molecular formula is C15H15N5O. The third-order valence-corrected chi connectivity index (χ3v) is 3.19. The number of hydrogen-bond donors (Lipinski definition) is 2. The van der Waals surface area contributed by atoms with Gasteiger partial charge in [0.25, 0.3) is 0 Å². The number of aromatic hydroxyl groups is 1. The zero-order valence-corrected chi connectivity index (χ0v) is 11.5. The number of phenolic OH excluding ortho intramolecular Hbond substituents is 1. The molecule has 0 saturated heterocycles. The van der Waals surface area contributed by atoms with Crippen LogP contribution in [0.5, 0.6) is 5.75 Å². The summed E-state index contributed by atoms with van der Waals surface area (Å²) in [4.78, 5) is 8.21. The molecule has 3 rings (SSSR count). The second-order valence-electron chi connectivity index (χ2n) is 4.67. The van der Waals surface area contributed by atoms with E-state index in [4.69, 9.17) is 0 Å². The number of nitrogens with one attached hydrogen (secondary N) is 1. The number of aromatic nitrogens is 4. The molecule has 1 aromatic carbocycles. The maximum Gasteiger partial charge on any atom is 0.155 e. The predicted molar refractivity (Wildman–Crippen MR) is 79.3 cm³/mol. The van der Waals surface area contributed by atoms with Gasteiger partial charge in [-0.15, -0.1) is 0 Å². The number of benzene rings is 1. The molecule has 0 amide bonds. The Kier molecular flexibility index (Phi) is 3.51. The Bertz CT molecular complexity index is 709. The molecule has 0 aliphatic heterocycles. The molecule has 0 saturated carbocycles. The van der Waals surface area contributed by atoms with Crippen molar-refractivity contribution in [3.05, 3.63) is 60.8 Å². The molecule has 0 aliphatic carbocycles. The van der Waals surface area contributed by atoms with Crippen LogP contribution in [0.25, 0.3) is 5.82 Å². The summed E-state index contributed by atoms with van der Waals surface area (Å²) in [5, 5.41) is 17.2. The summed E-state index contributed by atoms with van der Waals surface area (Å²) in [6.07, 6.45) is 4.79. The lowest BCUT2D eigenvalue weighted by molar-refractivity contribution is 0.465. The third kappa shape index (κ3) is 2.84. The molecule has 0 fully saturated rings. The number of nitrogens with zero attached hydrogens (tertiary/aromatic N) is 4. The molecule has 0 aliphatic rings. The molecule has 1 unspecified atom stereocenters. The SMILES string of the molecule is CC(Nc1ccc(-n2cncn2)nc1)c1ccccc1O. The summed E-state index contributed by atoms with van der Waals surface area (Å²) in [7, 11) is 0. The van der Waals surface area contributed by atoms with Crippen LogP contribution in [0.4, 0.5) is 5.69 Å². The smallest absolute Gasteiger partial charge is 0.155 e. The van der Waals surface area contributed by atoms with Crippen molar-refractivity contribution < 1.29 is 5.11 Å². The van der Waals surface area contributed by atoms with Crippen molar-refractivity contribution in [3.63, 3.8) is 0 Å². The Morgan fingerprint density at radius 3 is 2.71 bits per heavy atom. The van der Waals surface area contributed by atoms with E-state index < -0.39 is 0 Å². The zero-order chi connectivity index (χ0) is 14.7. The minimum Gasteiger partial charge on any atom is -0.508 e. The van der Waals surface area contributed by atoms with Crippen molar-refractivity contribution in [2.45, 2.75) is 13.0 Å². The van der Waals surface area contributed by atoms with E-state index in [0.717, 1.165) is 11.3 Å². The molecule has 6 heteroatoms. The number of phenols is 1. The van der Waals surface area contributed by atoms with Crippen LogP contribution in [0, 0.1) is 0 Å². The quantitative estimate of drug-likeness (QED) is 0.768. The maximum atomic E-state index is 9.85. The summed E-state index contributed by atoms with van der Waals surface area (Å²) in [6.45, 7) is 1.99. The van der Waals surface area contributed by atoms with Crippen LogP contribution < -0.4 is 5.32 Å². The second-order valence-corrected chi connectivity index (χ2v) is 4.67. The van der Waals surface area contributed by atoms with Gasteiger partial charge in [-0.25, -0.2) is 14.6 Å². The van der Waals surface area contributed by atoms with Crippen LogP contribution >= 0.6 is 0 Å². The first kappa shape index (κ1) is 13.1. The standard InChI is InChI=1S/C15H15N5O/c1-11(13-4-2-3-5-14(13)21)19-12-6-7-15(17-8-12)20-10-16-9-18-20/h2-11,19,21H,1H3. The molecule has 2 N–H and O–H groups in total. The van der Waals surface area contributed by atoms with Gasteiger partial charge in [0.05, 0.1) is 17.9 Å². The first-order chi connectivity index (χ1) is 10.2. The van der Waals surface area contributed by atoms with Crippen LogP contribution in [0.15, 0.2) is 55.2 Å². The Morgan fingerprint density at radius 2 is 2.05 bits per heavy atom. The highest BCUT2D eigenvalue weighted by Crippen LogP contribution is 2.26. The summed E-state index contributed by atoms with van der Waals surface area (Å²) in [5.41, 5.74) is 1.72. The van der Waals surface area contributed by atoms with E-state index >= 15 is 0 Å². The summed E-state index contributed by atoms with van der Waals surface area (Å²) in [6, 6.07) is 11.0. The number of anilines is 1. The Labute approximate surface area is 122 Å². The van der Waals surface area contributed by atoms with Gasteiger partial charge in [0.2, 0.25) is 0 Å². The van der Waals surface area contributed by atoms with Gasteiger partial charge in [0, 0.05) is 5.56 Å². The molecule has 1 atom stereocenters. The first-order valence-electron chi connectivity index (χ1n) is 6.59. The highest BCUT2D eigenvalue weighted by Gasteiger charge is 2.09. The van der Waals surface area contributed by atoms with Gasteiger partial charge in [-0.1, -0.05) is 18.2 Å². The highest BCUT2D eigenvalue weighted by atomic mass is 16.3. The van der Waals surface area contributed by atoms with E-state index in [1.165, 1.54) is 6.33 Å². The van der Waals surface area contributed by atoms with Gasteiger partial charge < -0.3 is 10.4 Å². The van der Waals surface area contributed by atoms with Crippen molar-refractivity contribution in [3.8, 4) is 11.6 Å². The van der Waals surface area contributed by atoms with E-state index in [2.05, 4.69) is 20.4 Å². The Morgan fingerprint density at radius 1 is 1.19 bits per heavy atom. The molecule has 2 heterocycles. The predicted octanol–water partition coefficient (Wildman–Crippen LogP) is 2.54. The monoisotopic (exact) mass is 281 g/mol. The lowest BCUT2D eigenvalue weighted by Crippen LogP contribution is -2.07. The van der Waals surface area contributed by atoms with E-state index in [9.17, 15) is 5.11 Å². The topological polar surface area (TPSA) is 75.9 Å². The van der Waals surface area contributed by atoms with Crippen molar-refractivity contribution in [2.24, 2.45) is 0 Å². The lowest BCUT2D eigenvalue weighted by atomic mass is 10.1. The Balaban J connectivity index is 1.75. The fourth-order valence-corrected chi connectivity index (χ4v) is 2.11. The molecule has 21 heavy (non-hydrogen) atoms. The molecule has 0 radical (unpaired) electrons. The molecular weight excluding hydrogens is 266 g/mol.